The van der Waals surface area contributed by atoms with Crippen LogP contribution in [0.1, 0.15) is 26.7 Å². The van der Waals surface area contributed by atoms with Gasteiger partial charge in [-0.15, -0.1) is 0 Å². The average molecular weight is 267 g/mol. The molecule has 0 saturated carbocycles. The number of rotatable bonds is 4. The molecule has 0 aromatic heterocycles. The summed E-state index contributed by atoms with van der Waals surface area (Å²) >= 11 is 6.18. The first-order chi connectivity index (χ1) is 8.70. The van der Waals surface area contributed by atoms with E-state index < -0.39 is 0 Å². The Morgan fingerprint density at radius 3 is 2.61 bits per heavy atom. The molecule has 1 aliphatic heterocycles. The van der Waals surface area contributed by atoms with Gasteiger partial charge in [0.15, 0.2) is 0 Å². The molecule has 1 fully saturated rings. The molecule has 1 heterocycles. The van der Waals surface area contributed by atoms with E-state index in [0.717, 1.165) is 16.6 Å². The van der Waals surface area contributed by atoms with E-state index in [-0.39, 0.29) is 0 Å². The maximum absolute atomic E-state index is 6.18. The molecule has 0 bridgehead atoms. The predicted molar refractivity (Wildman–Crippen MR) is 79.4 cm³/mol. The number of nitrogens with zero attached hydrogens (tertiary/aromatic N) is 1. The normalized spacial score (nSPS) is 19.7. The maximum atomic E-state index is 6.18. The average Bonchev–Trinajstić information content (AvgIpc) is 2.41. The number of piperidine rings is 1. The Morgan fingerprint density at radius 1 is 1.33 bits per heavy atom. The quantitative estimate of drug-likeness (QED) is 0.890. The van der Waals surface area contributed by atoms with Crippen LogP contribution in [0.5, 0.6) is 0 Å². The van der Waals surface area contributed by atoms with Gasteiger partial charge >= 0.3 is 0 Å². The van der Waals surface area contributed by atoms with Gasteiger partial charge in [0, 0.05) is 6.04 Å². The van der Waals surface area contributed by atoms with Gasteiger partial charge in [0.05, 0.1) is 10.7 Å². The minimum atomic E-state index is 0.490. The topological polar surface area (TPSA) is 15.3 Å². The van der Waals surface area contributed by atoms with E-state index in [0.29, 0.717) is 6.04 Å². The van der Waals surface area contributed by atoms with Gasteiger partial charge < -0.3 is 10.2 Å². The van der Waals surface area contributed by atoms with E-state index in [2.05, 4.69) is 30.1 Å². The second kappa shape index (κ2) is 6.44. The molecule has 1 aliphatic rings. The second-order valence-electron chi connectivity index (χ2n) is 5.18. The minimum Gasteiger partial charge on any atom is -0.381 e. The van der Waals surface area contributed by atoms with Crippen LogP contribution in [0.25, 0.3) is 0 Å². The first-order valence-electron chi connectivity index (χ1n) is 6.94. The number of hydrogen-bond donors (Lipinski definition) is 1. The predicted octanol–water partition coefficient (Wildman–Crippen LogP) is 3.87. The fourth-order valence-corrected chi connectivity index (χ4v) is 2.90. The fourth-order valence-electron chi connectivity index (χ4n) is 2.71. The molecule has 0 amide bonds. The standard InChI is InChI=1S/C15H23ClN2/c1-3-18-10-8-13(9-11-18)12(2)17-15-7-5-4-6-14(15)16/h4-7,12-13,17H,3,8-11H2,1-2H3. The molecular formula is C15H23ClN2. The van der Waals surface area contributed by atoms with Crippen molar-refractivity contribution >= 4 is 17.3 Å². The van der Waals surface area contributed by atoms with Crippen molar-refractivity contribution < 1.29 is 0 Å². The Labute approximate surface area is 115 Å². The van der Waals surface area contributed by atoms with Crippen molar-refractivity contribution in [1.29, 1.82) is 0 Å². The summed E-state index contributed by atoms with van der Waals surface area (Å²) in [5.41, 5.74) is 1.06. The zero-order valence-electron chi connectivity index (χ0n) is 11.3. The smallest absolute Gasteiger partial charge is 0.0637 e. The number of halogens is 1. The Balaban J connectivity index is 1.89. The van der Waals surface area contributed by atoms with Gasteiger partial charge in [0.1, 0.15) is 0 Å². The van der Waals surface area contributed by atoms with E-state index in [1.807, 2.05) is 18.2 Å². The molecule has 18 heavy (non-hydrogen) atoms. The van der Waals surface area contributed by atoms with Crippen LogP contribution in [-0.4, -0.2) is 30.6 Å². The van der Waals surface area contributed by atoms with Crippen molar-refractivity contribution in [2.45, 2.75) is 32.7 Å². The van der Waals surface area contributed by atoms with E-state index >= 15 is 0 Å². The number of nitrogens with one attached hydrogen (secondary N) is 1. The highest BCUT2D eigenvalue weighted by atomic mass is 35.5. The highest BCUT2D eigenvalue weighted by Crippen LogP contribution is 2.26. The summed E-state index contributed by atoms with van der Waals surface area (Å²) in [6.07, 6.45) is 2.57. The summed E-state index contributed by atoms with van der Waals surface area (Å²) < 4.78 is 0. The molecule has 2 rings (SSSR count). The van der Waals surface area contributed by atoms with Crippen LogP contribution in [0.15, 0.2) is 24.3 Å². The minimum absolute atomic E-state index is 0.490. The zero-order chi connectivity index (χ0) is 13.0. The first kappa shape index (κ1) is 13.7. The molecule has 1 aromatic carbocycles. The summed E-state index contributed by atoms with van der Waals surface area (Å²) in [5, 5.41) is 4.38. The Morgan fingerprint density at radius 2 is 2.00 bits per heavy atom. The monoisotopic (exact) mass is 266 g/mol. The van der Waals surface area contributed by atoms with Crippen LogP contribution in [0.2, 0.25) is 5.02 Å². The summed E-state index contributed by atoms with van der Waals surface area (Å²) in [7, 11) is 0. The maximum Gasteiger partial charge on any atom is 0.0637 e. The van der Waals surface area contributed by atoms with E-state index in [9.17, 15) is 0 Å². The number of anilines is 1. The first-order valence-corrected chi connectivity index (χ1v) is 7.32. The lowest BCUT2D eigenvalue weighted by Crippen LogP contribution is -2.39. The molecule has 1 unspecified atom stereocenters. The molecule has 100 valence electrons. The highest BCUT2D eigenvalue weighted by molar-refractivity contribution is 6.33. The lowest BCUT2D eigenvalue weighted by Gasteiger charge is -2.35. The molecule has 0 aliphatic carbocycles. The van der Waals surface area contributed by atoms with Crippen LogP contribution in [0, 0.1) is 5.92 Å². The van der Waals surface area contributed by atoms with E-state index in [4.69, 9.17) is 11.6 Å². The van der Waals surface area contributed by atoms with E-state index in [1.165, 1.54) is 32.5 Å². The second-order valence-corrected chi connectivity index (χ2v) is 5.59. The number of likely N-dealkylation sites (tertiary alicyclic amines) is 1. The van der Waals surface area contributed by atoms with Gasteiger partial charge in [-0.1, -0.05) is 30.7 Å². The van der Waals surface area contributed by atoms with Crippen LogP contribution >= 0.6 is 11.6 Å². The van der Waals surface area contributed by atoms with Gasteiger partial charge in [0.25, 0.3) is 0 Å². The zero-order valence-corrected chi connectivity index (χ0v) is 12.1. The van der Waals surface area contributed by atoms with Gasteiger partial charge in [0.2, 0.25) is 0 Å². The van der Waals surface area contributed by atoms with Crippen molar-refractivity contribution in [3.8, 4) is 0 Å². The van der Waals surface area contributed by atoms with Crippen LogP contribution in [-0.2, 0) is 0 Å². The van der Waals surface area contributed by atoms with Gasteiger partial charge in [-0.3, -0.25) is 0 Å². The molecule has 1 saturated heterocycles. The lowest BCUT2D eigenvalue weighted by atomic mass is 9.90. The molecule has 0 spiro atoms. The summed E-state index contributed by atoms with van der Waals surface area (Å²) in [5.74, 6) is 0.754. The molecule has 1 N–H and O–H groups in total. The number of hydrogen-bond acceptors (Lipinski definition) is 2. The molecule has 2 nitrogen and oxygen atoms in total. The third-order valence-corrected chi connectivity index (χ3v) is 4.37. The summed E-state index contributed by atoms with van der Waals surface area (Å²) in [6, 6.07) is 8.48. The molecule has 1 atom stereocenters. The highest BCUT2D eigenvalue weighted by Gasteiger charge is 2.23. The third-order valence-electron chi connectivity index (χ3n) is 4.04. The number of para-hydroxylation sites is 1. The molecular weight excluding hydrogens is 244 g/mol. The summed E-state index contributed by atoms with van der Waals surface area (Å²) in [6.45, 7) is 8.16. The van der Waals surface area contributed by atoms with Crippen molar-refractivity contribution in [2.24, 2.45) is 5.92 Å². The molecule has 1 aromatic rings. The third kappa shape index (κ3) is 3.39. The number of benzene rings is 1. The SMILES string of the molecule is CCN1CCC(C(C)Nc2ccccc2Cl)CC1. The van der Waals surface area contributed by atoms with Crippen LogP contribution in [0.3, 0.4) is 0 Å². The van der Waals surface area contributed by atoms with Crippen LogP contribution < -0.4 is 5.32 Å². The molecule has 3 heteroatoms. The lowest BCUT2D eigenvalue weighted by molar-refractivity contribution is 0.183. The van der Waals surface area contributed by atoms with Gasteiger partial charge in [-0.25, -0.2) is 0 Å². The fraction of sp³-hybridized carbons (Fsp3) is 0.600. The van der Waals surface area contributed by atoms with Crippen LogP contribution in [0.4, 0.5) is 5.69 Å². The van der Waals surface area contributed by atoms with Crippen molar-refractivity contribution in [3.63, 3.8) is 0 Å². The Bertz CT molecular complexity index is 373. The van der Waals surface area contributed by atoms with Crippen molar-refractivity contribution in [3.05, 3.63) is 29.3 Å². The van der Waals surface area contributed by atoms with Crippen molar-refractivity contribution in [2.75, 3.05) is 25.0 Å². The molecule has 0 radical (unpaired) electrons. The largest absolute Gasteiger partial charge is 0.381 e. The summed E-state index contributed by atoms with van der Waals surface area (Å²) in [4.78, 5) is 2.53. The van der Waals surface area contributed by atoms with Gasteiger partial charge in [-0.2, -0.15) is 0 Å². The van der Waals surface area contributed by atoms with Crippen molar-refractivity contribution in [1.82, 2.24) is 4.90 Å². The Hall–Kier alpha value is -0.730. The van der Waals surface area contributed by atoms with Gasteiger partial charge in [-0.05, 0) is 57.5 Å². The Kier molecular flexibility index (Phi) is 4.90. The van der Waals surface area contributed by atoms with E-state index in [1.54, 1.807) is 0 Å².